The Kier molecular flexibility index (Phi) is 7.24. The molecule has 0 radical (unpaired) electrons. The monoisotopic (exact) mass is 409 g/mol. The van der Waals surface area contributed by atoms with E-state index >= 15 is 0 Å². The number of carboxylic acids is 2. The summed E-state index contributed by atoms with van der Waals surface area (Å²) in [5.74, 6) is -1.98. The van der Waals surface area contributed by atoms with Crippen molar-refractivity contribution < 1.29 is 34.4 Å². The lowest BCUT2D eigenvalue weighted by molar-refractivity contribution is -0.146. The van der Waals surface area contributed by atoms with Crippen molar-refractivity contribution in [3.8, 4) is 0 Å². The quantitative estimate of drug-likeness (QED) is 0.363. The number of ether oxygens (including phenoxy) is 1. The third kappa shape index (κ3) is 5.45. The molecule has 1 saturated heterocycles. The smallest absolute Gasteiger partial charge is 0.328 e. The molecule has 6 atom stereocenters. The molecule has 2 saturated carbocycles. The van der Waals surface area contributed by atoms with Crippen LogP contribution in [0.25, 0.3) is 0 Å². The molecule has 29 heavy (non-hydrogen) atoms. The van der Waals surface area contributed by atoms with Gasteiger partial charge in [0.1, 0.15) is 6.10 Å². The van der Waals surface area contributed by atoms with E-state index in [4.69, 9.17) is 14.9 Å². The van der Waals surface area contributed by atoms with Crippen molar-refractivity contribution in [2.45, 2.75) is 44.8 Å². The fourth-order valence-electron chi connectivity index (χ4n) is 4.93. The minimum Gasteiger partial charge on any atom is -0.478 e. The molecule has 8 nitrogen and oxygen atoms in total. The van der Waals surface area contributed by atoms with Crippen LogP contribution in [0.2, 0.25) is 0 Å². The summed E-state index contributed by atoms with van der Waals surface area (Å²) in [6.07, 6.45) is 4.45. The van der Waals surface area contributed by atoms with Gasteiger partial charge in [0.2, 0.25) is 0 Å². The number of fused-ring (bicyclic) bond motifs is 2. The molecule has 1 heterocycles. The molecule has 3 N–H and O–H groups in total. The SMILES string of the molecule is C=C1[C@H](O)CC[C@]2(C)C[C@H]3OC(=O)[C@@H](CN(C)C)[C@H]3C[C@@H]12.O=C(O)/C=C/C(=O)O. The van der Waals surface area contributed by atoms with Gasteiger partial charge in [0.05, 0.1) is 12.0 Å². The summed E-state index contributed by atoms with van der Waals surface area (Å²) < 4.78 is 5.70. The highest BCUT2D eigenvalue weighted by atomic mass is 16.6. The molecule has 3 rings (SSSR count). The normalized spacial score (nSPS) is 36.1. The molecule has 8 heteroatoms. The highest BCUT2D eigenvalue weighted by molar-refractivity contribution is 5.89. The van der Waals surface area contributed by atoms with Gasteiger partial charge < -0.3 is 25.0 Å². The first-order valence-corrected chi connectivity index (χ1v) is 9.80. The first-order chi connectivity index (χ1) is 13.4. The zero-order valence-electron chi connectivity index (χ0n) is 17.2. The molecule has 0 amide bonds. The van der Waals surface area contributed by atoms with Crippen molar-refractivity contribution in [1.82, 2.24) is 4.90 Å². The third-order valence-electron chi connectivity index (χ3n) is 6.38. The number of carbonyl (C=O) groups is 3. The number of carboxylic acid groups (broad SMARTS) is 2. The van der Waals surface area contributed by atoms with E-state index in [-0.39, 0.29) is 35.4 Å². The third-order valence-corrected chi connectivity index (χ3v) is 6.38. The van der Waals surface area contributed by atoms with Crippen LogP contribution in [-0.2, 0) is 19.1 Å². The number of nitrogens with zero attached hydrogens (tertiary/aromatic N) is 1. The Balaban J connectivity index is 0.000000321. The van der Waals surface area contributed by atoms with E-state index in [1.54, 1.807) is 0 Å². The lowest BCUT2D eigenvalue weighted by atomic mass is 9.54. The molecule has 0 bridgehead atoms. The van der Waals surface area contributed by atoms with Crippen molar-refractivity contribution in [2.75, 3.05) is 20.6 Å². The number of aliphatic hydroxyl groups excluding tert-OH is 1. The number of aliphatic hydroxyl groups is 1. The molecule has 0 aromatic carbocycles. The van der Waals surface area contributed by atoms with Gasteiger partial charge in [0, 0.05) is 24.6 Å². The number of esters is 1. The van der Waals surface area contributed by atoms with Crippen LogP contribution >= 0.6 is 0 Å². The van der Waals surface area contributed by atoms with Crippen molar-refractivity contribution >= 4 is 17.9 Å². The van der Waals surface area contributed by atoms with Gasteiger partial charge in [0.15, 0.2) is 0 Å². The van der Waals surface area contributed by atoms with E-state index in [2.05, 4.69) is 18.4 Å². The average Bonchev–Trinajstić information content (AvgIpc) is 2.90. The summed E-state index contributed by atoms with van der Waals surface area (Å²) in [5.41, 5.74) is 1.11. The predicted molar refractivity (Wildman–Crippen MR) is 105 cm³/mol. The maximum atomic E-state index is 12.2. The van der Waals surface area contributed by atoms with Gasteiger partial charge in [-0.15, -0.1) is 0 Å². The van der Waals surface area contributed by atoms with Crippen LogP contribution in [-0.4, -0.2) is 71.0 Å². The molecule has 0 spiro atoms. The van der Waals surface area contributed by atoms with Gasteiger partial charge in [-0.3, -0.25) is 4.79 Å². The summed E-state index contributed by atoms with van der Waals surface area (Å²) >= 11 is 0. The minimum absolute atomic E-state index is 0.0265. The second kappa shape index (κ2) is 9.09. The topological polar surface area (TPSA) is 124 Å². The molecule has 3 aliphatic rings. The van der Waals surface area contributed by atoms with Gasteiger partial charge in [-0.25, -0.2) is 9.59 Å². The van der Waals surface area contributed by atoms with Gasteiger partial charge in [-0.05, 0) is 56.7 Å². The highest BCUT2D eigenvalue weighted by Crippen LogP contribution is 2.56. The van der Waals surface area contributed by atoms with Gasteiger partial charge in [-0.1, -0.05) is 13.5 Å². The maximum absolute atomic E-state index is 12.2. The van der Waals surface area contributed by atoms with E-state index in [0.717, 1.165) is 37.8 Å². The van der Waals surface area contributed by atoms with Crippen LogP contribution in [0, 0.1) is 23.2 Å². The first kappa shape index (κ1) is 23.1. The standard InChI is InChI=1S/C17H27NO3.C4H4O4/c1-10-13-7-11-12(9-18(3)4)16(20)21-15(11)8-17(13,2)6-5-14(10)19;5-3(6)1-2-4(7)8/h11-15,19H,1,5-9H2,2-4H3;1-2H,(H,5,6)(H,7,8)/b;2-1+/t11-,12+,13+,14-,15-,17-;/m1./s1. The van der Waals surface area contributed by atoms with E-state index in [0.29, 0.717) is 18.1 Å². The van der Waals surface area contributed by atoms with Gasteiger partial charge in [0.25, 0.3) is 0 Å². The summed E-state index contributed by atoms with van der Waals surface area (Å²) in [6, 6.07) is 0. The van der Waals surface area contributed by atoms with Crippen LogP contribution < -0.4 is 0 Å². The maximum Gasteiger partial charge on any atom is 0.328 e. The van der Waals surface area contributed by atoms with Crippen molar-refractivity contribution in [3.63, 3.8) is 0 Å². The summed E-state index contributed by atoms with van der Waals surface area (Å²) in [6.45, 7) is 7.18. The summed E-state index contributed by atoms with van der Waals surface area (Å²) in [5, 5.41) is 25.8. The Morgan fingerprint density at radius 1 is 1.28 bits per heavy atom. The van der Waals surface area contributed by atoms with Crippen molar-refractivity contribution in [3.05, 3.63) is 24.3 Å². The molecule has 1 aliphatic heterocycles. The lowest BCUT2D eigenvalue weighted by Crippen LogP contribution is -2.47. The molecular formula is C21H31NO7. The molecule has 0 unspecified atom stereocenters. The largest absolute Gasteiger partial charge is 0.478 e. The minimum atomic E-state index is -1.26. The lowest BCUT2D eigenvalue weighted by Gasteiger charge is -2.51. The van der Waals surface area contributed by atoms with Crippen LogP contribution in [0.15, 0.2) is 24.3 Å². The van der Waals surface area contributed by atoms with Crippen LogP contribution in [0.5, 0.6) is 0 Å². The molecule has 3 fully saturated rings. The molecular weight excluding hydrogens is 378 g/mol. The number of carbonyl (C=O) groups excluding carboxylic acids is 1. The number of rotatable bonds is 4. The zero-order chi connectivity index (χ0) is 21.9. The van der Waals surface area contributed by atoms with E-state index in [1.165, 1.54) is 0 Å². The predicted octanol–water partition coefficient (Wildman–Crippen LogP) is 1.54. The molecule has 0 aromatic heterocycles. The van der Waals surface area contributed by atoms with Crippen molar-refractivity contribution in [1.29, 1.82) is 0 Å². The Morgan fingerprint density at radius 3 is 2.38 bits per heavy atom. The van der Waals surface area contributed by atoms with E-state index in [9.17, 15) is 19.5 Å². The summed E-state index contributed by atoms with van der Waals surface area (Å²) in [7, 11) is 3.99. The average molecular weight is 409 g/mol. The summed E-state index contributed by atoms with van der Waals surface area (Å²) in [4.78, 5) is 33.4. The zero-order valence-corrected chi connectivity index (χ0v) is 17.2. The molecule has 162 valence electrons. The van der Waals surface area contributed by atoms with Gasteiger partial charge >= 0.3 is 17.9 Å². The molecule has 0 aromatic rings. The Labute approximate surface area is 170 Å². The van der Waals surface area contributed by atoms with Gasteiger partial charge in [-0.2, -0.15) is 0 Å². The fourth-order valence-corrected chi connectivity index (χ4v) is 4.93. The number of aliphatic carboxylic acids is 2. The van der Waals surface area contributed by atoms with E-state index < -0.39 is 11.9 Å². The Bertz CT molecular complexity index is 685. The van der Waals surface area contributed by atoms with Crippen LogP contribution in [0.3, 0.4) is 0 Å². The Hall–Kier alpha value is -2.19. The van der Waals surface area contributed by atoms with Crippen LogP contribution in [0.1, 0.15) is 32.6 Å². The number of hydrogen-bond donors (Lipinski definition) is 3. The second-order valence-corrected chi connectivity index (χ2v) is 8.79. The first-order valence-electron chi connectivity index (χ1n) is 9.80. The van der Waals surface area contributed by atoms with E-state index in [1.807, 2.05) is 14.1 Å². The fraction of sp³-hybridized carbons (Fsp3) is 0.667. The highest BCUT2D eigenvalue weighted by Gasteiger charge is 2.56. The van der Waals surface area contributed by atoms with Crippen molar-refractivity contribution in [2.24, 2.45) is 23.2 Å². The second-order valence-electron chi connectivity index (χ2n) is 8.79. The Morgan fingerprint density at radius 2 is 1.86 bits per heavy atom. The number of hydrogen-bond acceptors (Lipinski definition) is 6. The van der Waals surface area contributed by atoms with Crippen LogP contribution in [0.4, 0.5) is 0 Å². The molecule has 2 aliphatic carbocycles.